The van der Waals surface area contributed by atoms with Crippen LogP contribution in [0.1, 0.15) is 38.8 Å². The predicted octanol–water partition coefficient (Wildman–Crippen LogP) is 2.75. The lowest BCUT2D eigenvalue weighted by molar-refractivity contribution is -0.221. The highest BCUT2D eigenvalue weighted by molar-refractivity contribution is 5.87. The maximum absolute atomic E-state index is 15.4. The molecule has 0 aliphatic carbocycles. The van der Waals surface area contributed by atoms with E-state index in [0.717, 1.165) is 20.4 Å². The van der Waals surface area contributed by atoms with Crippen LogP contribution in [0.15, 0.2) is 18.3 Å². The number of carbonyl (C=O) groups is 4. The van der Waals surface area contributed by atoms with Crippen LogP contribution >= 0.6 is 0 Å². The Hall–Kier alpha value is -4.78. The first-order valence-corrected chi connectivity index (χ1v) is 15.3. The van der Waals surface area contributed by atoms with Gasteiger partial charge in [-0.1, -0.05) is 0 Å². The van der Waals surface area contributed by atoms with Crippen molar-refractivity contribution in [3.63, 3.8) is 0 Å². The number of carbonyl (C=O) groups excluding carboxylic acids is 4. The molecular weight excluding hydrogens is 762 g/mol. The zero-order valence-corrected chi connectivity index (χ0v) is 29.2. The number of aliphatic hydroxyl groups is 1. The second kappa shape index (κ2) is 17.6. The van der Waals surface area contributed by atoms with Gasteiger partial charge in [0.05, 0.1) is 36.9 Å². The predicted molar refractivity (Wildman–Crippen MR) is 164 cm³/mol. The van der Waals surface area contributed by atoms with Gasteiger partial charge in [0.25, 0.3) is 5.91 Å². The highest BCUT2D eigenvalue weighted by Crippen LogP contribution is 2.41. The number of methoxy groups -OCH3 is 2. The quantitative estimate of drug-likeness (QED) is 0.0787. The van der Waals surface area contributed by atoms with Crippen LogP contribution in [0.5, 0.6) is 0 Å². The Morgan fingerprint density at radius 2 is 1.31 bits per heavy atom. The van der Waals surface area contributed by atoms with Gasteiger partial charge in [-0.05, 0) is 39.8 Å². The molecule has 1 aromatic carbocycles. The summed E-state index contributed by atoms with van der Waals surface area (Å²) >= 11 is 0. The maximum atomic E-state index is 15.4. The molecule has 0 bridgehead atoms. The van der Waals surface area contributed by atoms with E-state index in [1.54, 1.807) is 10.6 Å². The lowest BCUT2D eigenvalue weighted by Gasteiger charge is -2.37. The summed E-state index contributed by atoms with van der Waals surface area (Å²) in [6.07, 6.45) is -14.4. The number of halogens is 10. The molecule has 0 spiro atoms. The van der Waals surface area contributed by atoms with Gasteiger partial charge in [0, 0.05) is 37.0 Å². The van der Waals surface area contributed by atoms with E-state index in [1.165, 1.54) is 0 Å². The first kappa shape index (κ1) is 45.4. The zero-order valence-electron chi connectivity index (χ0n) is 29.2. The van der Waals surface area contributed by atoms with Crippen molar-refractivity contribution >= 4 is 29.7 Å². The Bertz CT molecular complexity index is 1540. The minimum atomic E-state index is -5.17. The first-order valence-electron chi connectivity index (χ1n) is 15.3. The SMILES string of the molecule is COC(=O)NC(C(=O)NC[C@@H](O)CN(Cc1c(F)cc(C2=CN(C(F)F)NN2)cc1F)NC(=O)[C@@H](NC(=O)OC)C(C)(C)C(F)(F)F)C(C)(C)C(F)(F)F. The van der Waals surface area contributed by atoms with Gasteiger partial charge in [-0.15, -0.1) is 5.53 Å². The van der Waals surface area contributed by atoms with E-state index in [9.17, 15) is 59.4 Å². The van der Waals surface area contributed by atoms with Gasteiger partial charge in [-0.25, -0.2) is 28.4 Å². The summed E-state index contributed by atoms with van der Waals surface area (Å²) in [4.78, 5) is 49.9. The number of nitrogens with one attached hydrogen (secondary N) is 6. The van der Waals surface area contributed by atoms with Gasteiger partial charge < -0.3 is 36.0 Å². The number of nitrogens with zero attached hydrogens (tertiary/aromatic N) is 2. The fourth-order valence-corrected chi connectivity index (χ4v) is 4.52. The van der Waals surface area contributed by atoms with Crippen molar-refractivity contribution < 1.29 is 77.7 Å². The molecule has 0 aromatic heterocycles. The molecule has 2 rings (SSSR count). The number of alkyl carbamates (subject to hydrolysis) is 2. The number of hydrazine groups is 3. The molecule has 306 valence electrons. The molecule has 0 fully saturated rings. The van der Waals surface area contributed by atoms with Crippen LogP contribution in [0.3, 0.4) is 0 Å². The van der Waals surface area contributed by atoms with E-state index in [2.05, 4.69) is 14.9 Å². The summed E-state index contributed by atoms with van der Waals surface area (Å²) in [5.74, 6) is -5.95. The molecule has 25 heteroatoms. The van der Waals surface area contributed by atoms with Gasteiger partial charge in [0.15, 0.2) is 0 Å². The van der Waals surface area contributed by atoms with E-state index in [1.807, 2.05) is 16.3 Å². The first-order chi connectivity index (χ1) is 24.7. The van der Waals surface area contributed by atoms with Gasteiger partial charge in [0.2, 0.25) is 5.91 Å². The molecule has 7 N–H and O–H groups in total. The van der Waals surface area contributed by atoms with E-state index in [-0.39, 0.29) is 16.3 Å². The van der Waals surface area contributed by atoms with Crippen molar-refractivity contribution in [3.8, 4) is 0 Å². The second-order valence-electron chi connectivity index (χ2n) is 12.7. The lowest BCUT2D eigenvalue weighted by atomic mass is 9.83. The van der Waals surface area contributed by atoms with Crippen LogP contribution in [0, 0.1) is 22.5 Å². The van der Waals surface area contributed by atoms with Crippen molar-refractivity contribution in [3.05, 3.63) is 41.1 Å². The van der Waals surface area contributed by atoms with Crippen molar-refractivity contribution in [1.29, 1.82) is 0 Å². The van der Waals surface area contributed by atoms with Crippen molar-refractivity contribution in [2.45, 2.75) is 71.3 Å². The lowest BCUT2D eigenvalue weighted by Crippen LogP contribution is -2.62. The Labute approximate surface area is 300 Å². The number of benzene rings is 1. The fourth-order valence-electron chi connectivity index (χ4n) is 4.52. The van der Waals surface area contributed by atoms with Crippen LogP contribution in [0.2, 0.25) is 0 Å². The Balaban J connectivity index is 2.48. The standard InChI is InChI=1S/C29H38F10N8O7/c1-26(2,28(34,35)36)19(41-24(51)53-5)21(49)40-9-14(48)10-46(44-22(50)20(42-25(52)54-6)27(3,4)29(37,38)39)11-15-16(30)7-13(8-17(15)31)18-12-47(23(32)33)45-43-18/h7-8,12,14,19-20,23,43,45,48H,9-11H2,1-6H3,(H,40,49)(H,41,51)(H,42,52)(H,44,50)/t14-,19?,20-/m1/s1. The minimum Gasteiger partial charge on any atom is -0.453 e. The number of hydrogen-bond donors (Lipinski definition) is 7. The molecule has 4 amide bonds. The number of ether oxygens (including phenoxy) is 2. The van der Waals surface area contributed by atoms with E-state index >= 15 is 8.78 Å². The highest BCUT2D eigenvalue weighted by atomic mass is 19.4. The molecule has 1 heterocycles. The Morgan fingerprint density at radius 1 is 0.852 bits per heavy atom. The third-order valence-electron chi connectivity index (χ3n) is 8.13. The average molecular weight is 801 g/mol. The molecular formula is C29H38F10N8O7. The molecule has 1 aromatic rings. The zero-order chi connectivity index (χ0) is 41.6. The molecule has 0 saturated heterocycles. The molecule has 15 nitrogen and oxygen atoms in total. The van der Waals surface area contributed by atoms with Crippen LogP contribution in [-0.4, -0.2) is 104 Å². The largest absolute Gasteiger partial charge is 0.453 e. The molecule has 1 aliphatic heterocycles. The third-order valence-corrected chi connectivity index (χ3v) is 8.13. The summed E-state index contributed by atoms with van der Waals surface area (Å²) in [5.41, 5.74) is -1.24. The molecule has 3 atom stereocenters. The monoisotopic (exact) mass is 800 g/mol. The summed E-state index contributed by atoms with van der Waals surface area (Å²) in [7, 11) is 1.58. The van der Waals surface area contributed by atoms with Crippen molar-refractivity contribution in [2.24, 2.45) is 10.8 Å². The van der Waals surface area contributed by atoms with Gasteiger partial charge in [-0.3, -0.25) is 15.0 Å². The highest BCUT2D eigenvalue weighted by Gasteiger charge is 2.57. The number of hydrogen-bond acceptors (Lipinski definition) is 11. The summed E-state index contributed by atoms with van der Waals surface area (Å²) in [6.45, 7) is -3.97. The van der Waals surface area contributed by atoms with Crippen LogP contribution < -0.4 is 32.3 Å². The smallest absolute Gasteiger partial charge is 0.407 e. The molecule has 1 unspecified atom stereocenters. The van der Waals surface area contributed by atoms with E-state index in [0.29, 0.717) is 44.8 Å². The van der Waals surface area contributed by atoms with Gasteiger partial charge >= 0.3 is 31.1 Å². The number of aliphatic hydroxyl groups excluding tert-OH is 1. The van der Waals surface area contributed by atoms with Gasteiger partial charge in [-0.2, -0.15) is 35.1 Å². The van der Waals surface area contributed by atoms with Gasteiger partial charge in [0.1, 0.15) is 23.7 Å². The van der Waals surface area contributed by atoms with E-state index < -0.39 is 109 Å². The number of rotatable bonds is 15. The Kier molecular flexibility index (Phi) is 14.8. The fraction of sp³-hybridized carbons (Fsp3) is 0.586. The average Bonchev–Trinajstić information content (AvgIpc) is 3.56. The van der Waals surface area contributed by atoms with Crippen LogP contribution in [-0.2, 0) is 25.6 Å². The summed E-state index contributed by atoms with van der Waals surface area (Å²) in [5, 5.41) is 16.9. The Morgan fingerprint density at radius 3 is 1.72 bits per heavy atom. The molecule has 0 saturated carbocycles. The summed E-state index contributed by atoms with van der Waals surface area (Å²) < 4.78 is 149. The minimum absolute atomic E-state index is 0.226. The van der Waals surface area contributed by atoms with E-state index in [4.69, 9.17) is 0 Å². The second-order valence-corrected chi connectivity index (χ2v) is 12.7. The third kappa shape index (κ3) is 11.1. The topological polar surface area (TPSA) is 186 Å². The van der Waals surface area contributed by atoms with Crippen molar-refractivity contribution in [1.82, 2.24) is 42.4 Å². The maximum Gasteiger partial charge on any atom is 0.407 e. The normalized spacial score (nSPS) is 15.5. The molecule has 1 aliphatic rings. The molecule has 0 radical (unpaired) electrons. The number of amides is 4. The number of alkyl halides is 8. The van der Waals surface area contributed by atoms with Crippen molar-refractivity contribution in [2.75, 3.05) is 27.3 Å². The molecule has 54 heavy (non-hydrogen) atoms. The summed E-state index contributed by atoms with van der Waals surface area (Å²) in [6, 6.07) is -3.52. The van der Waals surface area contributed by atoms with Crippen LogP contribution in [0.25, 0.3) is 5.70 Å². The van der Waals surface area contributed by atoms with Crippen LogP contribution in [0.4, 0.5) is 53.5 Å².